The van der Waals surface area contributed by atoms with E-state index >= 15 is 0 Å². The standard InChI is InChI=1S/C17H25F3N2O/c1-4-12(2)16(22-9-7-21-8-10-22)14-6-5-13(17(18,19)20)11-15(14)23-3/h5-6,11-12,16,21H,4,7-10H2,1-3H3/t12?,16-/m0/s1. The van der Waals surface area contributed by atoms with E-state index in [0.717, 1.165) is 50.3 Å². The van der Waals surface area contributed by atoms with E-state index in [0.29, 0.717) is 11.7 Å². The number of nitrogens with zero attached hydrogens (tertiary/aromatic N) is 1. The van der Waals surface area contributed by atoms with Crippen molar-refractivity contribution in [2.24, 2.45) is 5.92 Å². The summed E-state index contributed by atoms with van der Waals surface area (Å²) >= 11 is 0. The van der Waals surface area contributed by atoms with Crippen molar-refractivity contribution in [3.8, 4) is 5.75 Å². The molecule has 0 aliphatic carbocycles. The van der Waals surface area contributed by atoms with Gasteiger partial charge in [0.05, 0.1) is 12.7 Å². The fourth-order valence-electron chi connectivity index (χ4n) is 3.18. The Morgan fingerprint density at radius 1 is 1.26 bits per heavy atom. The molecule has 0 spiro atoms. The number of hydrogen-bond acceptors (Lipinski definition) is 3. The molecule has 1 aromatic carbocycles. The monoisotopic (exact) mass is 330 g/mol. The van der Waals surface area contributed by atoms with E-state index in [-0.39, 0.29) is 6.04 Å². The molecule has 0 saturated carbocycles. The summed E-state index contributed by atoms with van der Waals surface area (Å²) in [5.74, 6) is 0.655. The molecular formula is C17H25F3N2O. The van der Waals surface area contributed by atoms with Gasteiger partial charge in [-0.2, -0.15) is 13.2 Å². The average Bonchev–Trinajstić information content (AvgIpc) is 2.55. The van der Waals surface area contributed by atoms with Crippen LogP contribution in [0.5, 0.6) is 5.75 Å². The molecule has 1 saturated heterocycles. The highest BCUT2D eigenvalue weighted by Crippen LogP contribution is 2.39. The van der Waals surface area contributed by atoms with Gasteiger partial charge < -0.3 is 10.1 Å². The molecule has 130 valence electrons. The third kappa shape index (κ3) is 4.18. The average molecular weight is 330 g/mol. The summed E-state index contributed by atoms with van der Waals surface area (Å²) in [6.45, 7) is 7.82. The SMILES string of the molecule is CCC(C)[C@@H](c1ccc(C(F)(F)F)cc1OC)N1CCNCC1. The molecule has 1 aliphatic heterocycles. The van der Waals surface area contributed by atoms with Crippen molar-refractivity contribution >= 4 is 0 Å². The summed E-state index contributed by atoms with van der Waals surface area (Å²) in [5.41, 5.74) is 0.179. The number of hydrogen-bond donors (Lipinski definition) is 1. The van der Waals surface area contributed by atoms with Crippen molar-refractivity contribution in [3.05, 3.63) is 29.3 Å². The summed E-state index contributed by atoms with van der Waals surface area (Å²) in [7, 11) is 1.43. The molecule has 6 heteroatoms. The quantitative estimate of drug-likeness (QED) is 0.891. The number of piperazine rings is 1. The zero-order chi connectivity index (χ0) is 17.0. The van der Waals surface area contributed by atoms with Crippen LogP contribution in [0.3, 0.4) is 0 Å². The molecular weight excluding hydrogens is 305 g/mol. The molecule has 1 unspecified atom stereocenters. The normalized spacial score (nSPS) is 19.4. The van der Waals surface area contributed by atoms with Gasteiger partial charge in [-0.25, -0.2) is 0 Å². The van der Waals surface area contributed by atoms with Crippen LogP contribution >= 0.6 is 0 Å². The van der Waals surface area contributed by atoms with Crippen LogP contribution in [-0.2, 0) is 6.18 Å². The first-order valence-corrected chi connectivity index (χ1v) is 8.08. The highest BCUT2D eigenvalue weighted by Gasteiger charge is 2.34. The fraction of sp³-hybridized carbons (Fsp3) is 0.647. The summed E-state index contributed by atoms with van der Waals surface area (Å²) in [6.07, 6.45) is -3.40. The number of ether oxygens (including phenoxy) is 1. The van der Waals surface area contributed by atoms with Crippen LogP contribution < -0.4 is 10.1 Å². The first kappa shape index (κ1) is 18.1. The molecule has 1 aliphatic rings. The van der Waals surface area contributed by atoms with Crippen molar-refractivity contribution < 1.29 is 17.9 Å². The Morgan fingerprint density at radius 2 is 1.91 bits per heavy atom. The summed E-state index contributed by atoms with van der Waals surface area (Å²) < 4.78 is 44.1. The molecule has 2 atom stereocenters. The van der Waals surface area contributed by atoms with Crippen LogP contribution in [0.2, 0.25) is 0 Å². The van der Waals surface area contributed by atoms with Gasteiger partial charge in [0.1, 0.15) is 5.75 Å². The van der Waals surface area contributed by atoms with E-state index in [1.54, 1.807) is 6.07 Å². The second-order valence-corrected chi connectivity index (χ2v) is 6.07. The summed E-state index contributed by atoms with van der Waals surface area (Å²) in [5, 5.41) is 3.31. The Balaban J connectivity index is 2.41. The van der Waals surface area contributed by atoms with Crippen LogP contribution in [0.4, 0.5) is 13.2 Å². The predicted molar refractivity (Wildman–Crippen MR) is 84.6 cm³/mol. The molecule has 0 radical (unpaired) electrons. The molecule has 3 nitrogen and oxygen atoms in total. The van der Waals surface area contributed by atoms with Crippen molar-refractivity contribution in [2.75, 3.05) is 33.3 Å². The minimum Gasteiger partial charge on any atom is -0.496 e. The molecule has 2 rings (SSSR count). The lowest BCUT2D eigenvalue weighted by atomic mass is 9.89. The van der Waals surface area contributed by atoms with Gasteiger partial charge in [0.25, 0.3) is 0 Å². The Bertz CT molecular complexity index is 513. The first-order chi connectivity index (χ1) is 10.9. The lowest BCUT2D eigenvalue weighted by Gasteiger charge is -2.39. The van der Waals surface area contributed by atoms with Gasteiger partial charge in [-0.05, 0) is 18.1 Å². The van der Waals surface area contributed by atoms with Gasteiger partial charge in [-0.1, -0.05) is 26.3 Å². The highest BCUT2D eigenvalue weighted by atomic mass is 19.4. The first-order valence-electron chi connectivity index (χ1n) is 8.08. The highest BCUT2D eigenvalue weighted by molar-refractivity contribution is 5.41. The Morgan fingerprint density at radius 3 is 2.43 bits per heavy atom. The van der Waals surface area contributed by atoms with Gasteiger partial charge in [-0.3, -0.25) is 4.90 Å². The van der Waals surface area contributed by atoms with Crippen molar-refractivity contribution in [1.29, 1.82) is 0 Å². The number of benzene rings is 1. The number of methoxy groups -OCH3 is 1. The maximum Gasteiger partial charge on any atom is 0.416 e. The van der Waals surface area contributed by atoms with Crippen molar-refractivity contribution in [3.63, 3.8) is 0 Å². The number of halogens is 3. The van der Waals surface area contributed by atoms with E-state index in [4.69, 9.17) is 4.74 Å². The summed E-state index contributed by atoms with van der Waals surface area (Å²) in [4.78, 5) is 2.34. The van der Waals surface area contributed by atoms with Gasteiger partial charge in [0.15, 0.2) is 0 Å². The number of alkyl halides is 3. The third-order valence-corrected chi connectivity index (χ3v) is 4.61. The fourth-order valence-corrected chi connectivity index (χ4v) is 3.18. The Kier molecular flexibility index (Phi) is 5.92. The zero-order valence-electron chi connectivity index (χ0n) is 13.9. The zero-order valence-corrected chi connectivity index (χ0v) is 13.9. The maximum atomic E-state index is 12.9. The predicted octanol–water partition coefficient (Wildman–Crippen LogP) is 3.71. The van der Waals surface area contributed by atoms with Crippen LogP contribution in [0.15, 0.2) is 18.2 Å². The van der Waals surface area contributed by atoms with Crippen LogP contribution in [-0.4, -0.2) is 38.2 Å². The van der Waals surface area contributed by atoms with Gasteiger partial charge in [0.2, 0.25) is 0 Å². The Labute approximate surface area is 135 Å². The Hall–Kier alpha value is -1.27. The number of rotatable bonds is 5. The van der Waals surface area contributed by atoms with Gasteiger partial charge >= 0.3 is 6.18 Å². The third-order valence-electron chi connectivity index (χ3n) is 4.61. The van der Waals surface area contributed by atoms with E-state index in [9.17, 15) is 13.2 Å². The molecule has 0 aromatic heterocycles. The molecule has 0 amide bonds. The van der Waals surface area contributed by atoms with Crippen LogP contribution in [0, 0.1) is 5.92 Å². The molecule has 0 bridgehead atoms. The summed E-state index contributed by atoms with van der Waals surface area (Å²) in [6, 6.07) is 3.93. The van der Waals surface area contributed by atoms with Crippen LogP contribution in [0.25, 0.3) is 0 Å². The minimum absolute atomic E-state index is 0.0688. The van der Waals surface area contributed by atoms with E-state index in [1.165, 1.54) is 7.11 Å². The van der Waals surface area contributed by atoms with Crippen molar-refractivity contribution in [1.82, 2.24) is 10.2 Å². The van der Waals surface area contributed by atoms with Gasteiger partial charge in [0, 0.05) is 37.8 Å². The smallest absolute Gasteiger partial charge is 0.416 e. The lowest BCUT2D eigenvalue weighted by Crippen LogP contribution is -2.46. The second-order valence-electron chi connectivity index (χ2n) is 6.07. The van der Waals surface area contributed by atoms with E-state index < -0.39 is 11.7 Å². The topological polar surface area (TPSA) is 24.5 Å². The largest absolute Gasteiger partial charge is 0.496 e. The van der Waals surface area contributed by atoms with Crippen LogP contribution in [0.1, 0.15) is 37.4 Å². The molecule has 23 heavy (non-hydrogen) atoms. The number of nitrogens with one attached hydrogen (secondary N) is 1. The van der Waals surface area contributed by atoms with Gasteiger partial charge in [-0.15, -0.1) is 0 Å². The second kappa shape index (κ2) is 7.53. The molecule has 1 N–H and O–H groups in total. The molecule has 1 fully saturated rings. The molecule has 1 aromatic rings. The lowest BCUT2D eigenvalue weighted by molar-refractivity contribution is -0.137. The van der Waals surface area contributed by atoms with E-state index in [1.807, 2.05) is 0 Å². The molecule has 1 heterocycles. The van der Waals surface area contributed by atoms with E-state index in [2.05, 4.69) is 24.1 Å². The maximum absolute atomic E-state index is 12.9. The minimum atomic E-state index is -4.35. The van der Waals surface area contributed by atoms with Crippen molar-refractivity contribution in [2.45, 2.75) is 32.5 Å².